The van der Waals surface area contributed by atoms with Crippen LogP contribution >= 0.6 is 11.3 Å². The molecule has 0 unspecified atom stereocenters. The van der Waals surface area contributed by atoms with Crippen LogP contribution in [0.2, 0.25) is 0 Å². The third-order valence-electron chi connectivity index (χ3n) is 2.47. The molecule has 20 heavy (non-hydrogen) atoms. The minimum absolute atomic E-state index is 0.0279. The highest BCUT2D eigenvalue weighted by molar-refractivity contribution is 7.94. The Bertz CT molecular complexity index is 710. The molecule has 6 nitrogen and oxygen atoms in total. The van der Waals surface area contributed by atoms with Crippen molar-refractivity contribution in [1.29, 1.82) is 0 Å². The molecule has 0 amide bonds. The first-order valence-corrected chi connectivity index (χ1v) is 7.89. The quantitative estimate of drug-likeness (QED) is 0.908. The number of hydrogen-bond acceptors (Lipinski definition) is 5. The maximum atomic E-state index is 12.5. The van der Waals surface area contributed by atoms with Crippen molar-refractivity contribution in [1.82, 2.24) is 4.98 Å². The summed E-state index contributed by atoms with van der Waals surface area (Å²) in [5.41, 5.74) is 0.306. The van der Waals surface area contributed by atoms with Crippen molar-refractivity contribution in [3.63, 3.8) is 0 Å². The first-order chi connectivity index (χ1) is 9.41. The number of aliphatic carboxylic acids is 1. The maximum Gasteiger partial charge on any atom is 0.324 e. The van der Waals surface area contributed by atoms with Crippen LogP contribution < -0.4 is 4.31 Å². The summed E-state index contributed by atoms with van der Waals surface area (Å²) in [6, 6.07) is 8.13. The fraction of sp³-hybridized carbons (Fsp3) is 0.167. The van der Waals surface area contributed by atoms with Gasteiger partial charge in [-0.15, -0.1) is 11.3 Å². The van der Waals surface area contributed by atoms with E-state index in [1.54, 1.807) is 37.3 Å². The van der Waals surface area contributed by atoms with Gasteiger partial charge in [0.1, 0.15) is 6.54 Å². The van der Waals surface area contributed by atoms with Gasteiger partial charge in [0.05, 0.1) is 16.9 Å². The summed E-state index contributed by atoms with van der Waals surface area (Å²) in [5, 5.41) is 9.55. The van der Waals surface area contributed by atoms with Gasteiger partial charge in [-0.3, -0.25) is 9.10 Å². The van der Waals surface area contributed by atoms with Gasteiger partial charge >= 0.3 is 5.97 Å². The number of para-hydroxylation sites is 1. The molecular formula is C12H12N2O4S2. The zero-order chi connectivity index (χ0) is 14.8. The lowest BCUT2D eigenvalue weighted by atomic mass is 10.3. The van der Waals surface area contributed by atoms with Crippen LogP contribution in [0.5, 0.6) is 0 Å². The van der Waals surface area contributed by atoms with Gasteiger partial charge in [0, 0.05) is 0 Å². The normalized spacial score (nSPS) is 11.2. The zero-order valence-electron chi connectivity index (χ0n) is 10.6. The fourth-order valence-corrected chi connectivity index (χ4v) is 4.24. The number of carbonyl (C=O) groups is 1. The first-order valence-electron chi connectivity index (χ1n) is 5.63. The van der Waals surface area contributed by atoms with E-state index in [9.17, 15) is 13.2 Å². The average Bonchev–Trinajstić information content (AvgIpc) is 2.84. The second-order valence-corrected chi connectivity index (χ2v) is 7.26. The van der Waals surface area contributed by atoms with Gasteiger partial charge in [0.25, 0.3) is 10.0 Å². The van der Waals surface area contributed by atoms with E-state index in [2.05, 4.69) is 4.98 Å². The topological polar surface area (TPSA) is 87.6 Å². The molecule has 0 atom stereocenters. The zero-order valence-corrected chi connectivity index (χ0v) is 12.2. The highest BCUT2D eigenvalue weighted by atomic mass is 32.2. The van der Waals surface area contributed by atoms with E-state index in [-0.39, 0.29) is 4.21 Å². The Morgan fingerprint density at radius 1 is 1.35 bits per heavy atom. The number of anilines is 1. The summed E-state index contributed by atoms with van der Waals surface area (Å²) < 4.78 is 25.9. The Hall–Kier alpha value is -1.93. The maximum absolute atomic E-state index is 12.5. The molecule has 0 radical (unpaired) electrons. The van der Waals surface area contributed by atoms with Crippen LogP contribution in [0.3, 0.4) is 0 Å². The molecule has 1 heterocycles. The molecule has 2 aromatic rings. The van der Waals surface area contributed by atoms with Crippen LogP contribution in [0.1, 0.15) is 5.01 Å². The Balaban J connectivity index is 2.49. The minimum atomic E-state index is -3.92. The highest BCUT2D eigenvalue weighted by Gasteiger charge is 2.28. The fourth-order valence-electron chi connectivity index (χ4n) is 1.60. The van der Waals surface area contributed by atoms with Crippen molar-refractivity contribution in [3.05, 3.63) is 41.5 Å². The van der Waals surface area contributed by atoms with E-state index < -0.39 is 22.5 Å². The summed E-state index contributed by atoms with van der Waals surface area (Å²) >= 11 is 1.01. The number of aromatic nitrogens is 1. The molecule has 2 rings (SSSR count). The van der Waals surface area contributed by atoms with Gasteiger partial charge < -0.3 is 5.11 Å². The average molecular weight is 312 g/mol. The molecule has 8 heteroatoms. The van der Waals surface area contributed by atoms with Crippen molar-refractivity contribution in [2.75, 3.05) is 10.8 Å². The molecular weight excluding hydrogens is 300 g/mol. The van der Waals surface area contributed by atoms with Crippen LogP contribution in [-0.4, -0.2) is 31.0 Å². The second-order valence-electron chi connectivity index (χ2n) is 3.94. The molecule has 0 aliphatic carbocycles. The highest BCUT2D eigenvalue weighted by Crippen LogP contribution is 2.26. The Morgan fingerprint density at radius 3 is 2.50 bits per heavy atom. The van der Waals surface area contributed by atoms with Gasteiger partial charge in [-0.25, -0.2) is 13.4 Å². The first kappa shape index (κ1) is 14.5. The summed E-state index contributed by atoms with van der Waals surface area (Å²) in [7, 11) is -3.92. The molecule has 0 aliphatic rings. The van der Waals surface area contributed by atoms with Crippen molar-refractivity contribution in [2.24, 2.45) is 0 Å². The van der Waals surface area contributed by atoms with E-state index in [1.165, 1.54) is 6.20 Å². The Kier molecular flexibility index (Phi) is 4.05. The van der Waals surface area contributed by atoms with Crippen LogP contribution in [0.15, 0.2) is 40.7 Å². The van der Waals surface area contributed by atoms with E-state index in [4.69, 9.17) is 5.11 Å². The van der Waals surface area contributed by atoms with E-state index in [0.717, 1.165) is 15.6 Å². The van der Waals surface area contributed by atoms with Crippen LogP contribution in [0.4, 0.5) is 5.69 Å². The molecule has 1 aromatic carbocycles. The number of hydrogen-bond donors (Lipinski definition) is 1. The number of benzene rings is 1. The number of carboxylic acid groups (broad SMARTS) is 1. The van der Waals surface area contributed by atoms with Gasteiger partial charge in [-0.2, -0.15) is 0 Å². The second kappa shape index (κ2) is 5.59. The van der Waals surface area contributed by atoms with Crippen molar-refractivity contribution < 1.29 is 18.3 Å². The molecule has 106 valence electrons. The summed E-state index contributed by atoms with van der Waals surface area (Å²) in [5.74, 6) is -1.22. The van der Waals surface area contributed by atoms with Gasteiger partial charge in [-0.05, 0) is 19.1 Å². The summed E-state index contributed by atoms with van der Waals surface area (Å²) in [4.78, 5) is 14.9. The van der Waals surface area contributed by atoms with Crippen LogP contribution in [0, 0.1) is 6.92 Å². The lowest BCUT2D eigenvalue weighted by Gasteiger charge is -2.21. The van der Waals surface area contributed by atoms with Gasteiger partial charge in [0.15, 0.2) is 4.21 Å². The molecule has 0 saturated heterocycles. The van der Waals surface area contributed by atoms with Gasteiger partial charge in [0.2, 0.25) is 0 Å². The monoisotopic (exact) mass is 312 g/mol. The predicted octanol–water partition coefficient (Wildman–Crippen LogP) is 1.73. The van der Waals surface area contributed by atoms with E-state index in [0.29, 0.717) is 10.7 Å². The molecule has 0 bridgehead atoms. The number of nitrogens with zero attached hydrogens (tertiary/aromatic N) is 2. The van der Waals surface area contributed by atoms with E-state index >= 15 is 0 Å². The minimum Gasteiger partial charge on any atom is -0.480 e. The number of sulfonamides is 1. The lowest BCUT2D eigenvalue weighted by Crippen LogP contribution is -2.35. The van der Waals surface area contributed by atoms with Gasteiger partial charge in [-0.1, -0.05) is 18.2 Å². The van der Waals surface area contributed by atoms with Crippen molar-refractivity contribution >= 4 is 33.0 Å². The molecule has 1 N–H and O–H groups in total. The molecule has 0 aliphatic heterocycles. The molecule has 0 fully saturated rings. The molecule has 0 spiro atoms. The summed E-state index contributed by atoms with van der Waals surface area (Å²) in [6.07, 6.45) is 1.24. The van der Waals surface area contributed by atoms with Crippen LogP contribution in [-0.2, 0) is 14.8 Å². The van der Waals surface area contributed by atoms with Crippen LogP contribution in [0.25, 0.3) is 0 Å². The standard InChI is InChI=1S/C12H12N2O4S2/c1-9-13-7-12(19-9)20(17,18)14(8-11(15)16)10-5-3-2-4-6-10/h2-7H,8H2,1H3,(H,15,16). The smallest absolute Gasteiger partial charge is 0.324 e. The molecule has 0 saturated carbocycles. The number of aryl methyl sites for hydroxylation is 1. The Morgan fingerprint density at radius 2 is 2.00 bits per heavy atom. The third kappa shape index (κ3) is 2.97. The predicted molar refractivity (Wildman–Crippen MR) is 75.5 cm³/mol. The largest absolute Gasteiger partial charge is 0.480 e. The number of thiazole rings is 1. The van der Waals surface area contributed by atoms with Crippen molar-refractivity contribution in [2.45, 2.75) is 11.1 Å². The van der Waals surface area contributed by atoms with E-state index in [1.807, 2.05) is 0 Å². The third-order valence-corrected chi connectivity index (χ3v) is 5.59. The number of rotatable bonds is 5. The lowest BCUT2D eigenvalue weighted by molar-refractivity contribution is -0.135. The SMILES string of the molecule is Cc1ncc(S(=O)(=O)N(CC(=O)O)c2ccccc2)s1. The summed E-state index contributed by atoms with van der Waals surface area (Å²) in [6.45, 7) is 1.05. The number of carboxylic acids is 1. The van der Waals surface area contributed by atoms with Crippen molar-refractivity contribution in [3.8, 4) is 0 Å². The molecule has 1 aromatic heterocycles. The Labute approximate surface area is 120 Å².